The number of hydrogen-bond donors (Lipinski definition) is 2. The lowest BCUT2D eigenvalue weighted by atomic mass is 9.94. The number of aromatic nitrogens is 3. The summed E-state index contributed by atoms with van der Waals surface area (Å²) in [7, 11) is 0. The molecule has 0 unspecified atom stereocenters. The Morgan fingerprint density at radius 3 is 2.83 bits per heavy atom. The van der Waals surface area contributed by atoms with Gasteiger partial charge in [-0.2, -0.15) is 23.1 Å². The Hall–Kier alpha value is -3.28. The molecule has 0 aliphatic carbocycles. The summed E-state index contributed by atoms with van der Waals surface area (Å²) < 4.78 is 81.2. The number of fused-ring (bicyclic) bond motifs is 3. The maximum absolute atomic E-state index is 17.0. The number of nitrogen functional groups attached to an aromatic ring is 1. The molecule has 0 spiro atoms. The Balaban J connectivity index is 1.44. The number of benzene rings is 1. The monoisotopic (exact) mass is 705 g/mol. The van der Waals surface area contributed by atoms with Crippen molar-refractivity contribution in [2.24, 2.45) is 0 Å². The number of alkyl halides is 4. The van der Waals surface area contributed by atoms with Gasteiger partial charge in [0.25, 0.3) is 0 Å². The van der Waals surface area contributed by atoms with Crippen LogP contribution in [0.4, 0.5) is 33.6 Å². The zero-order valence-electron chi connectivity index (χ0n) is 25.2. The molecule has 6 heterocycles. The molecule has 14 heteroatoms. The first kappa shape index (κ1) is 31.3. The number of aryl methyl sites for hydroxylation is 2. The number of terminal acetylenes is 1. The lowest BCUT2D eigenvalue weighted by Crippen LogP contribution is -2.56. The molecule has 46 heavy (non-hydrogen) atoms. The Bertz CT molecular complexity index is 1760. The zero-order chi connectivity index (χ0) is 32.5. The number of anilines is 2. The van der Waals surface area contributed by atoms with E-state index in [1.807, 2.05) is 0 Å². The van der Waals surface area contributed by atoms with Gasteiger partial charge in [0.05, 0.1) is 27.7 Å². The van der Waals surface area contributed by atoms with E-state index in [9.17, 15) is 17.6 Å². The summed E-state index contributed by atoms with van der Waals surface area (Å²) in [5.74, 6) is 1.95. The number of nitrogens with two attached hydrogens (primary N) is 1. The maximum Gasteiger partial charge on any atom is 0.418 e. The van der Waals surface area contributed by atoms with Crippen molar-refractivity contribution < 1.29 is 26.7 Å². The number of nitrogens with one attached hydrogen (secondary N) is 1. The number of piperazine rings is 1. The summed E-state index contributed by atoms with van der Waals surface area (Å²) in [6.07, 6.45) is 3.26. The van der Waals surface area contributed by atoms with Crippen LogP contribution < -0.4 is 20.7 Å². The van der Waals surface area contributed by atoms with Crippen LogP contribution in [-0.4, -0.2) is 76.4 Å². The van der Waals surface area contributed by atoms with E-state index in [1.165, 1.54) is 6.92 Å². The molecule has 1 aromatic carbocycles. The van der Waals surface area contributed by atoms with E-state index in [-0.39, 0.29) is 51.6 Å². The summed E-state index contributed by atoms with van der Waals surface area (Å²) >= 11 is 3.49. The lowest BCUT2D eigenvalue weighted by molar-refractivity contribution is -0.137. The minimum absolute atomic E-state index is 0.0514. The molecular weight excluding hydrogens is 673 g/mol. The predicted molar refractivity (Wildman–Crippen MR) is 168 cm³/mol. The van der Waals surface area contributed by atoms with Crippen LogP contribution in [0.15, 0.2) is 10.5 Å². The van der Waals surface area contributed by atoms with E-state index in [0.29, 0.717) is 62.1 Å². The van der Waals surface area contributed by atoms with Crippen LogP contribution in [0.5, 0.6) is 6.01 Å². The van der Waals surface area contributed by atoms with Crippen molar-refractivity contribution in [3.8, 4) is 29.6 Å². The third kappa shape index (κ3) is 5.15. The minimum Gasteiger partial charge on any atom is -0.461 e. The molecule has 0 bridgehead atoms. The van der Waals surface area contributed by atoms with E-state index >= 15 is 4.39 Å². The first-order chi connectivity index (χ1) is 21.9. The normalized spacial score (nSPS) is 26.1. The fraction of sp³-hybridized carbons (Fsp3) is 0.531. The number of pyridine rings is 1. The van der Waals surface area contributed by atoms with Gasteiger partial charge in [0.1, 0.15) is 29.9 Å². The number of ether oxygens (including phenoxy) is 1. The van der Waals surface area contributed by atoms with E-state index < -0.39 is 35.0 Å². The van der Waals surface area contributed by atoms with Crippen molar-refractivity contribution in [3.63, 3.8) is 0 Å². The average Bonchev–Trinajstić information content (AvgIpc) is 3.45. The zero-order valence-corrected chi connectivity index (χ0v) is 26.7. The second-order valence-electron chi connectivity index (χ2n) is 12.8. The summed E-state index contributed by atoms with van der Waals surface area (Å²) in [5, 5.41) is 3.87. The molecule has 3 N–H and O–H groups in total. The lowest BCUT2D eigenvalue weighted by Gasteiger charge is -2.40. The molecule has 0 saturated carbocycles. The molecule has 3 aromatic rings. The highest BCUT2D eigenvalue weighted by Crippen LogP contribution is 2.48. The summed E-state index contributed by atoms with van der Waals surface area (Å²) in [5.41, 5.74) is 3.57. The number of nitrogens with zero attached hydrogens (tertiary/aromatic N) is 5. The standard InChI is InChI=1S/C32H33BrF5N7O/c1-3-5-18-14-45-19(12-40-18)6-7-20-22-28(26(35)23(25(20)33)27-24(32(36,37)38)16(2)10-21(39)41-27)42-30(43-29(22)45)46-15-31-8-4-9-44(31)13-17(34)11-31/h1,10,17-19,40H,4-9,11-15H2,2H3,(H2,39,41)/t17-,18-,19-,31+/m1/s1. The summed E-state index contributed by atoms with van der Waals surface area (Å²) in [4.78, 5) is 17.5. The van der Waals surface area contributed by atoms with Gasteiger partial charge in [0.2, 0.25) is 0 Å². The Labute approximate surface area is 271 Å². The molecule has 0 radical (unpaired) electrons. The molecule has 4 aliphatic rings. The largest absolute Gasteiger partial charge is 0.461 e. The number of hydrogen-bond acceptors (Lipinski definition) is 8. The molecule has 8 nitrogen and oxygen atoms in total. The minimum atomic E-state index is -4.83. The van der Waals surface area contributed by atoms with Crippen LogP contribution in [0.2, 0.25) is 0 Å². The Morgan fingerprint density at radius 2 is 2.07 bits per heavy atom. The smallest absolute Gasteiger partial charge is 0.418 e. The molecule has 7 rings (SSSR count). The fourth-order valence-corrected chi connectivity index (χ4v) is 8.67. The summed E-state index contributed by atoms with van der Waals surface area (Å²) in [6, 6.07) is 0.888. The van der Waals surface area contributed by atoms with Gasteiger partial charge in [-0.05, 0) is 72.3 Å². The van der Waals surface area contributed by atoms with Gasteiger partial charge >= 0.3 is 12.2 Å². The quantitative estimate of drug-likeness (QED) is 0.263. The molecule has 4 aliphatic heterocycles. The van der Waals surface area contributed by atoms with Crippen molar-refractivity contribution in [2.45, 2.75) is 75.4 Å². The highest BCUT2D eigenvalue weighted by Gasteiger charge is 2.49. The highest BCUT2D eigenvalue weighted by atomic mass is 79.9. The molecule has 2 aromatic heterocycles. The second kappa shape index (κ2) is 11.5. The van der Waals surface area contributed by atoms with Gasteiger partial charge in [-0.1, -0.05) is 0 Å². The van der Waals surface area contributed by atoms with Crippen LogP contribution in [0.1, 0.15) is 48.8 Å². The van der Waals surface area contributed by atoms with Crippen LogP contribution >= 0.6 is 15.9 Å². The van der Waals surface area contributed by atoms with Crippen molar-refractivity contribution in [2.75, 3.05) is 43.4 Å². The SMILES string of the molecule is C#CC[C@@H]1CN2c3nc(OC[C@@]45CCCN4C[C@H](F)C5)nc4c(F)c(-c5nc(N)cc(C)c5C(F)(F)F)c(Br)c(c34)CC[C@@H]2CN1. The van der Waals surface area contributed by atoms with Gasteiger partial charge in [-0.25, -0.2) is 13.8 Å². The van der Waals surface area contributed by atoms with Gasteiger partial charge in [-0.3, -0.25) is 4.90 Å². The van der Waals surface area contributed by atoms with E-state index in [0.717, 1.165) is 25.5 Å². The van der Waals surface area contributed by atoms with E-state index in [2.05, 4.69) is 46.9 Å². The van der Waals surface area contributed by atoms with Crippen LogP contribution in [0, 0.1) is 25.1 Å². The van der Waals surface area contributed by atoms with Crippen molar-refractivity contribution in [1.29, 1.82) is 0 Å². The topological polar surface area (TPSA) is 92.4 Å². The van der Waals surface area contributed by atoms with Gasteiger partial charge in [0, 0.05) is 49.0 Å². The maximum atomic E-state index is 17.0. The number of rotatable bonds is 5. The van der Waals surface area contributed by atoms with Crippen LogP contribution in [0.25, 0.3) is 22.2 Å². The molecular formula is C32H33BrF5N7O. The first-order valence-corrected chi connectivity index (χ1v) is 16.2. The molecule has 244 valence electrons. The highest BCUT2D eigenvalue weighted by molar-refractivity contribution is 9.10. The van der Waals surface area contributed by atoms with E-state index in [1.54, 1.807) is 0 Å². The average molecular weight is 707 g/mol. The van der Waals surface area contributed by atoms with Crippen molar-refractivity contribution >= 4 is 38.5 Å². The molecule has 4 atom stereocenters. The third-order valence-corrected chi connectivity index (χ3v) is 10.8. The second-order valence-corrected chi connectivity index (χ2v) is 13.6. The molecule has 3 fully saturated rings. The van der Waals surface area contributed by atoms with Crippen molar-refractivity contribution in [3.05, 3.63) is 33.0 Å². The molecule has 3 saturated heterocycles. The van der Waals surface area contributed by atoms with Crippen LogP contribution in [-0.2, 0) is 12.6 Å². The summed E-state index contributed by atoms with van der Waals surface area (Å²) in [6.45, 7) is 3.53. The van der Waals surface area contributed by atoms with Gasteiger partial charge in [0.15, 0.2) is 5.82 Å². The third-order valence-electron chi connectivity index (χ3n) is 9.93. The van der Waals surface area contributed by atoms with E-state index in [4.69, 9.17) is 21.9 Å². The Morgan fingerprint density at radius 1 is 1.26 bits per heavy atom. The van der Waals surface area contributed by atoms with Crippen LogP contribution in [0.3, 0.4) is 0 Å². The molecule has 0 amide bonds. The first-order valence-electron chi connectivity index (χ1n) is 15.4. The van der Waals surface area contributed by atoms with Gasteiger partial charge in [-0.15, -0.1) is 12.3 Å². The van der Waals surface area contributed by atoms with Crippen molar-refractivity contribution in [1.82, 2.24) is 25.2 Å². The predicted octanol–water partition coefficient (Wildman–Crippen LogP) is 5.57. The number of halogens is 6. The van der Waals surface area contributed by atoms with Gasteiger partial charge < -0.3 is 20.7 Å². The Kier molecular flexibility index (Phi) is 7.80. The fourth-order valence-electron chi connectivity index (χ4n) is 7.91.